The fourth-order valence-corrected chi connectivity index (χ4v) is 6.09. The lowest BCUT2D eigenvalue weighted by molar-refractivity contribution is -0.149. The molecule has 4 N–H and O–H groups in total. The van der Waals surface area contributed by atoms with Crippen LogP contribution in [-0.4, -0.2) is 74.6 Å². The van der Waals surface area contributed by atoms with Gasteiger partial charge >= 0.3 is 19.7 Å². The molecule has 16 nitrogen and oxygen atoms in total. The number of nitrogens with two attached hydrogens (primary N) is 1. The van der Waals surface area contributed by atoms with Gasteiger partial charge in [-0.05, 0) is 32.9 Å². The van der Waals surface area contributed by atoms with Crippen LogP contribution in [0, 0.1) is 5.41 Å². The highest BCUT2D eigenvalue weighted by Gasteiger charge is 2.52. The van der Waals surface area contributed by atoms with Gasteiger partial charge in [-0.15, -0.1) is 0 Å². The van der Waals surface area contributed by atoms with Crippen LogP contribution < -0.4 is 24.8 Å². The molecule has 240 valence electrons. The lowest BCUT2D eigenvalue weighted by atomic mass is 9.84. The number of aliphatic hydroxyl groups excluding tert-OH is 1. The molecule has 17 heteroatoms. The second-order valence-corrected chi connectivity index (χ2v) is 12.7. The first-order valence-corrected chi connectivity index (χ1v) is 15.3. The number of carbonyl (C=O) groups excluding carboxylic acids is 2. The summed E-state index contributed by atoms with van der Waals surface area (Å²) in [5.41, 5.74) is 5.60. The van der Waals surface area contributed by atoms with Crippen molar-refractivity contribution >= 4 is 36.8 Å². The minimum atomic E-state index is -4.36. The highest BCUT2D eigenvalue weighted by Crippen LogP contribution is 2.50. The minimum Gasteiger partial charge on any atom is -0.479 e. The average molecular weight is 637 g/mol. The van der Waals surface area contributed by atoms with Crippen LogP contribution in [0.3, 0.4) is 0 Å². The molecule has 1 saturated heterocycles. The number of nitrogens with zero attached hydrogens (tertiary/aromatic N) is 4. The number of nitrogen functional groups attached to an aromatic ring is 1. The molecule has 1 fully saturated rings. The number of ether oxygens (including phenoxy) is 4. The van der Waals surface area contributed by atoms with Gasteiger partial charge in [-0.2, -0.15) is 15.1 Å². The smallest absolute Gasteiger partial charge is 0.459 e. The van der Waals surface area contributed by atoms with Crippen molar-refractivity contribution in [1.29, 1.82) is 0 Å². The molecule has 3 heterocycles. The number of aliphatic hydroxyl groups is 1. The van der Waals surface area contributed by atoms with Crippen molar-refractivity contribution in [3.05, 3.63) is 30.6 Å². The molecule has 5 atom stereocenters. The minimum absolute atomic E-state index is 0.0196. The summed E-state index contributed by atoms with van der Waals surface area (Å²) in [4.78, 5) is 36.6. The number of anilines is 1. The first-order valence-electron chi connectivity index (χ1n) is 13.7. The van der Waals surface area contributed by atoms with Crippen LogP contribution in [0.15, 0.2) is 30.6 Å². The normalized spacial score (nSPS) is 21.5. The monoisotopic (exact) mass is 636 g/mol. The molecule has 0 spiro atoms. The Morgan fingerprint density at radius 1 is 1.23 bits per heavy atom. The summed E-state index contributed by atoms with van der Waals surface area (Å²) in [5.74, 6) is -0.961. The number of hydrogen-bond donors (Lipinski definition) is 3. The van der Waals surface area contributed by atoms with Gasteiger partial charge < -0.3 is 34.3 Å². The number of aromatic nitrogens is 4. The van der Waals surface area contributed by atoms with Gasteiger partial charge in [0, 0.05) is 18.4 Å². The quantitative estimate of drug-likeness (QED) is 0.148. The summed E-state index contributed by atoms with van der Waals surface area (Å²) in [6, 6.07) is 4.72. The number of benzene rings is 1. The van der Waals surface area contributed by atoms with E-state index in [1.807, 2.05) is 0 Å². The highest BCUT2D eigenvalue weighted by atomic mass is 31.2. The Bertz CT molecular complexity index is 1560. The van der Waals surface area contributed by atoms with Crippen molar-refractivity contribution in [2.75, 3.05) is 19.5 Å². The van der Waals surface area contributed by atoms with Crippen LogP contribution in [0.25, 0.3) is 11.2 Å². The van der Waals surface area contributed by atoms with Crippen molar-refractivity contribution < 1.29 is 47.3 Å². The largest absolute Gasteiger partial charge is 0.479 e. The van der Waals surface area contributed by atoms with E-state index in [1.165, 1.54) is 51.6 Å². The van der Waals surface area contributed by atoms with E-state index in [1.54, 1.807) is 32.3 Å². The van der Waals surface area contributed by atoms with E-state index in [0.717, 1.165) is 0 Å². The average Bonchev–Trinajstić information content (AvgIpc) is 3.43. The first-order chi connectivity index (χ1) is 20.6. The number of esters is 2. The van der Waals surface area contributed by atoms with Gasteiger partial charge in [-0.25, -0.2) is 9.55 Å². The molecule has 2 aromatic heterocycles. The van der Waals surface area contributed by atoms with Crippen LogP contribution in [0.5, 0.6) is 17.4 Å². The topological polar surface area (TPSA) is 208 Å². The Morgan fingerprint density at radius 2 is 1.93 bits per heavy atom. The number of nitrogens with one attached hydrogen (secondary N) is 1. The number of imidazole rings is 1. The molecule has 0 bridgehead atoms. The first kappa shape index (κ1) is 33.1. The summed E-state index contributed by atoms with van der Waals surface area (Å²) >= 11 is 0. The van der Waals surface area contributed by atoms with Crippen molar-refractivity contribution in [2.24, 2.45) is 5.41 Å². The van der Waals surface area contributed by atoms with Crippen LogP contribution >= 0.6 is 7.75 Å². The lowest BCUT2D eigenvalue weighted by Gasteiger charge is -2.29. The van der Waals surface area contributed by atoms with Gasteiger partial charge in [-0.1, -0.05) is 19.9 Å². The number of rotatable bonds is 12. The van der Waals surface area contributed by atoms with Crippen LogP contribution in [0.4, 0.5) is 5.95 Å². The molecular weight excluding hydrogens is 599 g/mol. The lowest BCUT2D eigenvalue weighted by Crippen LogP contribution is -2.38. The molecule has 44 heavy (non-hydrogen) atoms. The molecule has 0 aliphatic carbocycles. The van der Waals surface area contributed by atoms with Gasteiger partial charge in [0.1, 0.15) is 29.9 Å². The molecular formula is C27H37N6O10P. The predicted octanol–water partition coefficient (Wildman–Crippen LogP) is 2.76. The summed E-state index contributed by atoms with van der Waals surface area (Å²) in [6.07, 6.45) is -1.91. The fraction of sp³-hybridized carbons (Fsp3) is 0.519. The number of hydrogen-bond acceptors (Lipinski definition) is 14. The van der Waals surface area contributed by atoms with Crippen molar-refractivity contribution in [3.8, 4) is 17.4 Å². The molecule has 1 unspecified atom stereocenters. The van der Waals surface area contributed by atoms with Crippen LogP contribution in [0.1, 0.15) is 47.8 Å². The SMILES string of the molecule is COc1nc(N)nc2c1ncn2[C@@H]1O[C@H](COP(=O)(N[C@@H](C)C(=O)OC(C)C)Oc2cccc(OC(C)=O)c2)[C@@H](O)C1(C)C. The van der Waals surface area contributed by atoms with Gasteiger partial charge in [0.15, 0.2) is 11.2 Å². The van der Waals surface area contributed by atoms with Crippen LogP contribution in [-0.2, 0) is 28.2 Å². The Hall–Kier alpha value is -3.82. The second-order valence-electron chi connectivity index (χ2n) is 11.0. The van der Waals surface area contributed by atoms with E-state index in [9.17, 15) is 19.3 Å². The number of carbonyl (C=O) groups is 2. The van der Waals surface area contributed by atoms with E-state index in [-0.39, 0.29) is 23.3 Å². The van der Waals surface area contributed by atoms with Crippen LogP contribution in [0.2, 0.25) is 0 Å². The zero-order chi connectivity index (χ0) is 32.4. The summed E-state index contributed by atoms with van der Waals surface area (Å²) in [7, 11) is -2.93. The molecule has 1 aliphatic rings. The molecule has 0 amide bonds. The Kier molecular flexibility index (Phi) is 9.80. The highest BCUT2D eigenvalue weighted by molar-refractivity contribution is 7.52. The summed E-state index contributed by atoms with van der Waals surface area (Å²) < 4.78 is 48.9. The summed E-state index contributed by atoms with van der Waals surface area (Å²) in [5, 5.41) is 13.9. The second kappa shape index (κ2) is 13.0. The third kappa shape index (κ3) is 7.27. The van der Waals surface area contributed by atoms with E-state index >= 15 is 0 Å². The zero-order valence-corrected chi connectivity index (χ0v) is 26.3. The van der Waals surface area contributed by atoms with Gasteiger partial charge in [0.25, 0.3) is 0 Å². The van der Waals surface area contributed by atoms with Crippen molar-refractivity contribution in [3.63, 3.8) is 0 Å². The van der Waals surface area contributed by atoms with Crippen molar-refractivity contribution in [2.45, 2.75) is 72.1 Å². The molecule has 4 rings (SSSR count). The van der Waals surface area contributed by atoms with E-state index in [0.29, 0.717) is 11.2 Å². The van der Waals surface area contributed by atoms with Gasteiger partial charge in [0.05, 0.1) is 32.3 Å². The Morgan fingerprint density at radius 3 is 2.59 bits per heavy atom. The maximum absolute atomic E-state index is 14.1. The number of methoxy groups -OCH3 is 1. The predicted molar refractivity (Wildman–Crippen MR) is 156 cm³/mol. The third-order valence-corrected chi connectivity index (χ3v) is 8.31. The molecule has 0 saturated carbocycles. The number of fused-ring (bicyclic) bond motifs is 1. The third-order valence-electron chi connectivity index (χ3n) is 6.67. The Balaban J connectivity index is 1.59. The van der Waals surface area contributed by atoms with Gasteiger partial charge in [-0.3, -0.25) is 18.7 Å². The maximum atomic E-state index is 14.1. The Labute approximate surface area is 253 Å². The van der Waals surface area contributed by atoms with Crippen molar-refractivity contribution in [1.82, 2.24) is 24.6 Å². The molecule has 0 radical (unpaired) electrons. The fourth-order valence-electron chi connectivity index (χ4n) is 4.60. The molecule has 1 aliphatic heterocycles. The van der Waals surface area contributed by atoms with E-state index in [2.05, 4.69) is 20.0 Å². The zero-order valence-electron chi connectivity index (χ0n) is 25.4. The molecule has 3 aromatic rings. The summed E-state index contributed by atoms with van der Waals surface area (Å²) in [6.45, 7) is 9.14. The van der Waals surface area contributed by atoms with E-state index < -0.39 is 62.3 Å². The molecule has 1 aromatic carbocycles. The maximum Gasteiger partial charge on any atom is 0.459 e. The standard InChI is InChI=1S/C27H37N6O10P/c1-14(2)40-24(36)15(3)32-44(37,43-18-10-8-9-17(11-18)41-16(4)34)39-12-19-21(35)27(5,6)25(42-19)33-13-29-20-22(33)30-26(28)31-23(20)38-7/h8-11,13-15,19,21,25,35H,12H2,1-7H3,(H,32,37)(H2,28,30,31)/t15-,19+,21+,25+,44?/m0/s1. The van der Waals surface area contributed by atoms with Gasteiger partial charge in [0.2, 0.25) is 11.8 Å². The van der Waals surface area contributed by atoms with E-state index in [4.69, 9.17) is 33.7 Å².